The van der Waals surface area contributed by atoms with Crippen molar-refractivity contribution in [3.05, 3.63) is 115 Å². The zero-order valence-corrected chi connectivity index (χ0v) is 21.6. The van der Waals surface area contributed by atoms with E-state index in [4.69, 9.17) is 4.98 Å². The third kappa shape index (κ3) is 4.80. The van der Waals surface area contributed by atoms with Gasteiger partial charge in [0.15, 0.2) is 5.82 Å². The van der Waals surface area contributed by atoms with E-state index in [-0.39, 0.29) is 18.1 Å². The molecule has 0 unspecified atom stereocenters. The number of carbonyl (C=O) groups is 1. The van der Waals surface area contributed by atoms with E-state index in [0.717, 1.165) is 49.8 Å². The number of rotatable bonds is 6. The van der Waals surface area contributed by atoms with E-state index in [1.54, 1.807) is 36.9 Å². The molecule has 4 heterocycles. The number of carbonyl (C=O) groups excluding carboxylic acids is 1. The van der Waals surface area contributed by atoms with Crippen molar-refractivity contribution in [3.8, 4) is 33.8 Å². The van der Waals surface area contributed by atoms with Gasteiger partial charge in [-0.05, 0) is 47.0 Å². The molecule has 8 nitrogen and oxygen atoms in total. The summed E-state index contributed by atoms with van der Waals surface area (Å²) in [6, 6.07) is 23.7. The number of aromatic amines is 2. The molecule has 198 valence electrons. The molecule has 4 aromatic heterocycles. The van der Waals surface area contributed by atoms with E-state index < -0.39 is 0 Å². The number of hydrogen-bond donors (Lipinski definition) is 3. The number of hydrogen-bond acceptors (Lipinski definition) is 5. The van der Waals surface area contributed by atoms with Gasteiger partial charge < -0.3 is 10.3 Å². The first-order chi connectivity index (χ1) is 20.1. The van der Waals surface area contributed by atoms with Crippen molar-refractivity contribution in [1.82, 2.24) is 30.1 Å². The molecule has 0 aliphatic carbocycles. The number of nitrogens with zero attached hydrogens (tertiary/aromatic N) is 4. The zero-order chi connectivity index (χ0) is 27.8. The van der Waals surface area contributed by atoms with Gasteiger partial charge >= 0.3 is 0 Å². The third-order valence-electron chi connectivity index (χ3n) is 6.90. The monoisotopic (exact) mass is 539 g/mol. The Labute approximate surface area is 233 Å². The first-order valence-electron chi connectivity index (χ1n) is 13.0. The van der Waals surface area contributed by atoms with Crippen LogP contribution in [0.1, 0.15) is 5.56 Å². The Morgan fingerprint density at radius 1 is 0.805 bits per heavy atom. The molecule has 0 spiro atoms. The molecule has 3 aromatic carbocycles. The quantitative estimate of drug-likeness (QED) is 0.222. The van der Waals surface area contributed by atoms with Gasteiger partial charge in [-0.3, -0.25) is 19.9 Å². The Kier molecular flexibility index (Phi) is 6.01. The summed E-state index contributed by atoms with van der Waals surface area (Å²) in [4.78, 5) is 29.5. The largest absolute Gasteiger partial charge is 0.335 e. The van der Waals surface area contributed by atoms with Crippen LogP contribution in [0.25, 0.3) is 55.7 Å². The van der Waals surface area contributed by atoms with Crippen molar-refractivity contribution in [1.29, 1.82) is 0 Å². The molecule has 0 fully saturated rings. The van der Waals surface area contributed by atoms with Gasteiger partial charge in [-0.25, -0.2) is 9.37 Å². The molecular formula is C32H22FN7O. The average Bonchev–Trinajstić information content (AvgIpc) is 3.62. The van der Waals surface area contributed by atoms with Crippen LogP contribution in [0, 0.1) is 5.82 Å². The van der Waals surface area contributed by atoms with Crippen molar-refractivity contribution in [2.24, 2.45) is 0 Å². The molecule has 0 bridgehead atoms. The van der Waals surface area contributed by atoms with Gasteiger partial charge in [0.1, 0.15) is 11.5 Å². The van der Waals surface area contributed by atoms with Crippen LogP contribution < -0.4 is 5.32 Å². The molecule has 3 N–H and O–H groups in total. The zero-order valence-electron chi connectivity index (χ0n) is 21.6. The number of halogens is 1. The second-order valence-electron chi connectivity index (χ2n) is 9.68. The van der Waals surface area contributed by atoms with Crippen LogP contribution in [0.5, 0.6) is 0 Å². The lowest BCUT2D eigenvalue weighted by Crippen LogP contribution is -2.14. The predicted molar refractivity (Wildman–Crippen MR) is 156 cm³/mol. The number of H-pyrrole nitrogens is 2. The Bertz CT molecular complexity index is 2030. The highest BCUT2D eigenvalue weighted by molar-refractivity contribution is 5.98. The Hall–Kier alpha value is -5.70. The summed E-state index contributed by atoms with van der Waals surface area (Å²) in [6.45, 7) is 0. The van der Waals surface area contributed by atoms with E-state index in [0.29, 0.717) is 17.2 Å². The van der Waals surface area contributed by atoms with Gasteiger partial charge in [0.05, 0.1) is 41.1 Å². The number of nitrogens with one attached hydrogen (secondary N) is 3. The number of aromatic nitrogens is 6. The topological polar surface area (TPSA) is 112 Å². The second kappa shape index (κ2) is 10.1. The normalized spacial score (nSPS) is 11.2. The van der Waals surface area contributed by atoms with Crippen molar-refractivity contribution in [2.45, 2.75) is 6.42 Å². The van der Waals surface area contributed by atoms with Crippen LogP contribution in [0.4, 0.5) is 10.1 Å². The lowest BCUT2D eigenvalue weighted by atomic mass is 10.0. The number of imidazole rings is 1. The van der Waals surface area contributed by atoms with Crippen molar-refractivity contribution < 1.29 is 9.18 Å². The van der Waals surface area contributed by atoms with Gasteiger partial charge in [0.25, 0.3) is 0 Å². The fourth-order valence-corrected chi connectivity index (χ4v) is 4.91. The highest BCUT2D eigenvalue weighted by atomic mass is 19.1. The third-order valence-corrected chi connectivity index (χ3v) is 6.90. The molecule has 0 aliphatic heterocycles. The molecule has 0 saturated carbocycles. The Morgan fingerprint density at radius 2 is 1.61 bits per heavy atom. The molecule has 0 saturated heterocycles. The first kappa shape index (κ1) is 24.3. The summed E-state index contributed by atoms with van der Waals surface area (Å²) in [7, 11) is 0. The van der Waals surface area contributed by atoms with Crippen molar-refractivity contribution in [3.63, 3.8) is 0 Å². The van der Waals surface area contributed by atoms with Crippen LogP contribution in [-0.4, -0.2) is 36.0 Å². The summed E-state index contributed by atoms with van der Waals surface area (Å²) in [5.74, 6) is 0.174. The van der Waals surface area contributed by atoms with Crippen LogP contribution in [-0.2, 0) is 11.2 Å². The van der Waals surface area contributed by atoms with Crippen LogP contribution in [0.3, 0.4) is 0 Å². The molecule has 0 radical (unpaired) electrons. The summed E-state index contributed by atoms with van der Waals surface area (Å²) < 4.78 is 13.5. The average molecular weight is 540 g/mol. The molecule has 0 aliphatic rings. The Balaban J connectivity index is 1.21. The summed E-state index contributed by atoms with van der Waals surface area (Å²) >= 11 is 0. The fraction of sp³-hybridized carbons (Fsp3) is 0.0312. The van der Waals surface area contributed by atoms with Gasteiger partial charge in [-0.15, -0.1) is 0 Å². The lowest BCUT2D eigenvalue weighted by molar-refractivity contribution is -0.115. The van der Waals surface area contributed by atoms with Gasteiger partial charge in [-0.2, -0.15) is 5.10 Å². The van der Waals surface area contributed by atoms with E-state index in [1.807, 2.05) is 54.6 Å². The predicted octanol–water partition coefficient (Wildman–Crippen LogP) is 6.55. The van der Waals surface area contributed by atoms with E-state index in [9.17, 15) is 9.18 Å². The highest BCUT2D eigenvalue weighted by Crippen LogP contribution is 2.33. The summed E-state index contributed by atoms with van der Waals surface area (Å²) in [5, 5.41) is 11.4. The molecule has 0 atom stereocenters. The van der Waals surface area contributed by atoms with E-state index >= 15 is 0 Å². The highest BCUT2D eigenvalue weighted by Gasteiger charge is 2.16. The van der Waals surface area contributed by atoms with Crippen molar-refractivity contribution >= 4 is 33.5 Å². The molecule has 7 rings (SSSR count). The maximum Gasteiger partial charge on any atom is 0.228 e. The molecule has 7 aromatic rings. The number of fused-ring (bicyclic) bond motifs is 2. The van der Waals surface area contributed by atoms with Gasteiger partial charge in [0.2, 0.25) is 5.91 Å². The molecule has 9 heteroatoms. The minimum atomic E-state index is -0.300. The number of pyridine rings is 2. The fourth-order valence-electron chi connectivity index (χ4n) is 4.91. The molecule has 41 heavy (non-hydrogen) atoms. The molecular weight excluding hydrogens is 517 g/mol. The van der Waals surface area contributed by atoms with Gasteiger partial charge in [-0.1, -0.05) is 48.5 Å². The van der Waals surface area contributed by atoms with E-state index in [2.05, 4.69) is 30.5 Å². The van der Waals surface area contributed by atoms with Gasteiger partial charge in [0, 0.05) is 28.9 Å². The SMILES string of the molecule is O=C(Cc1ccccc1)Nc1cncc(-c2ccc3[nH]nc(-c4nc5c(-c6ccc(F)cc6)cncc5[nH]4)c3c2)c1. The smallest absolute Gasteiger partial charge is 0.228 e. The maximum absolute atomic E-state index is 13.5. The van der Waals surface area contributed by atoms with Crippen LogP contribution in [0.2, 0.25) is 0 Å². The van der Waals surface area contributed by atoms with Crippen molar-refractivity contribution in [2.75, 3.05) is 5.32 Å². The first-order valence-corrected chi connectivity index (χ1v) is 13.0. The number of amides is 1. The maximum atomic E-state index is 13.5. The number of benzene rings is 3. The lowest BCUT2D eigenvalue weighted by Gasteiger charge is -2.08. The second-order valence-corrected chi connectivity index (χ2v) is 9.68. The molecule has 1 amide bonds. The summed E-state index contributed by atoms with van der Waals surface area (Å²) in [5.41, 5.74) is 7.91. The van der Waals surface area contributed by atoms with Crippen LogP contribution in [0.15, 0.2) is 104 Å². The summed E-state index contributed by atoms with van der Waals surface area (Å²) in [6.07, 6.45) is 7.11. The minimum absolute atomic E-state index is 0.109. The van der Waals surface area contributed by atoms with E-state index in [1.165, 1.54) is 12.1 Å². The standard InChI is InChI=1S/C32H22FN7O/c33-23-9-6-20(7-10-23)26-17-35-18-28-30(26)38-32(37-28)31-25-14-21(8-11-27(25)39-40-31)22-13-24(16-34-15-22)36-29(41)12-19-4-2-1-3-5-19/h1-11,13-18H,12H2,(H,36,41)(H,37,38)(H,39,40). The minimum Gasteiger partial charge on any atom is -0.335 e. The van der Waals surface area contributed by atoms with Crippen LogP contribution >= 0.6 is 0 Å². The number of anilines is 1. The Morgan fingerprint density at radius 3 is 2.46 bits per heavy atom.